The molecule has 17 heavy (non-hydrogen) atoms. The van der Waals surface area contributed by atoms with Crippen LogP contribution in [0.3, 0.4) is 0 Å². The van der Waals surface area contributed by atoms with Crippen molar-refractivity contribution in [2.45, 2.75) is 18.9 Å². The standard InChI is InChI=1S/C10H14N4OS2/c1-16-4-2-7-10(15)14-13-8(12-7)6-9-11-3-5-17-9/h3,5,7H,2,4,6H2,1H3,(H,12,13)(H,14,15). The quantitative estimate of drug-likeness (QED) is 0.832. The van der Waals surface area contributed by atoms with Gasteiger partial charge in [-0.15, -0.1) is 11.3 Å². The van der Waals surface area contributed by atoms with Crippen molar-refractivity contribution in [3.8, 4) is 0 Å². The number of thioether (sulfide) groups is 1. The number of carbonyl (C=O) groups is 1. The van der Waals surface area contributed by atoms with E-state index in [1.165, 1.54) is 0 Å². The molecule has 1 unspecified atom stereocenters. The van der Waals surface area contributed by atoms with Crippen molar-refractivity contribution in [3.63, 3.8) is 0 Å². The molecule has 5 nitrogen and oxygen atoms in total. The Kier molecular flexibility index (Phi) is 4.38. The molecular formula is C10H14N4OS2. The second-order valence-corrected chi connectivity index (χ2v) is 5.55. The molecule has 7 heteroatoms. The van der Waals surface area contributed by atoms with Crippen molar-refractivity contribution < 1.29 is 4.79 Å². The Bertz CT molecular complexity index is 404. The maximum Gasteiger partial charge on any atom is 0.263 e. The first-order valence-corrected chi connectivity index (χ1v) is 7.57. The summed E-state index contributed by atoms with van der Waals surface area (Å²) in [5, 5.41) is 2.93. The molecule has 0 saturated carbocycles. The first-order chi connectivity index (χ1) is 8.29. The first kappa shape index (κ1) is 12.4. The number of nitrogens with one attached hydrogen (secondary N) is 2. The third kappa shape index (κ3) is 3.44. The van der Waals surface area contributed by atoms with E-state index >= 15 is 0 Å². The van der Waals surface area contributed by atoms with E-state index in [4.69, 9.17) is 0 Å². The third-order valence-corrected chi connectivity index (χ3v) is 3.77. The van der Waals surface area contributed by atoms with Crippen LogP contribution in [0.1, 0.15) is 11.4 Å². The van der Waals surface area contributed by atoms with Gasteiger partial charge in [-0.3, -0.25) is 20.6 Å². The Hall–Kier alpha value is -1.08. The van der Waals surface area contributed by atoms with Gasteiger partial charge < -0.3 is 0 Å². The Morgan fingerprint density at radius 3 is 3.12 bits per heavy atom. The number of aromatic nitrogens is 1. The number of hydrazine groups is 1. The number of nitrogens with zero attached hydrogens (tertiary/aromatic N) is 2. The predicted molar refractivity (Wildman–Crippen MR) is 71.3 cm³/mol. The smallest absolute Gasteiger partial charge is 0.263 e. The summed E-state index contributed by atoms with van der Waals surface area (Å²) in [6, 6.07) is -0.265. The molecular weight excluding hydrogens is 256 g/mol. The number of amides is 1. The highest BCUT2D eigenvalue weighted by atomic mass is 32.2. The first-order valence-electron chi connectivity index (χ1n) is 5.29. The Balaban J connectivity index is 1.99. The van der Waals surface area contributed by atoms with Crippen molar-refractivity contribution in [1.82, 2.24) is 15.8 Å². The van der Waals surface area contributed by atoms with Crippen LogP contribution < -0.4 is 10.9 Å². The highest BCUT2D eigenvalue weighted by Crippen LogP contribution is 2.10. The van der Waals surface area contributed by atoms with Crippen molar-refractivity contribution in [3.05, 3.63) is 16.6 Å². The summed E-state index contributed by atoms with van der Waals surface area (Å²) in [7, 11) is 0. The number of thiazole rings is 1. The van der Waals surface area contributed by atoms with Crippen LogP contribution in [-0.4, -0.2) is 34.8 Å². The van der Waals surface area contributed by atoms with Gasteiger partial charge in [-0.1, -0.05) is 0 Å². The van der Waals surface area contributed by atoms with Crippen molar-refractivity contribution in [1.29, 1.82) is 0 Å². The van der Waals surface area contributed by atoms with E-state index in [1.807, 2.05) is 11.6 Å². The van der Waals surface area contributed by atoms with Gasteiger partial charge in [0.2, 0.25) is 0 Å². The Morgan fingerprint density at radius 2 is 2.41 bits per heavy atom. The fourth-order valence-corrected chi connectivity index (χ4v) is 2.57. The molecule has 2 rings (SSSR count). The molecule has 0 aliphatic carbocycles. The molecule has 1 aromatic heterocycles. The molecule has 1 amide bonds. The van der Waals surface area contributed by atoms with E-state index in [-0.39, 0.29) is 11.9 Å². The zero-order chi connectivity index (χ0) is 12.1. The lowest BCUT2D eigenvalue weighted by atomic mass is 10.2. The molecule has 0 aromatic carbocycles. The molecule has 0 bridgehead atoms. The number of carbonyl (C=O) groups excluding carboxylic acids is 1. The molecule has 1 aliphatic rings. The van der Waals surface area contributed by atoms with Gasteiger partial charge in [-0.05, 0) is 18.4 Å². The minimum atomic E-state index is -0.265. The maximum atomic E-state index is 11.5. The van der Waals surface area contributed by atoms with Gasteiger partial charge in [0.1, 0.15) is 16.9 Å². The number of amidine groups is 1. The molecule has 0 spiro atoms. The van der Waals surface area contributed by atoms with Crippen LogP contribution in [-0.2, 0) is 11.2 Å². The summed E-state index contributed by atoms with van der Waals surface area (Å²) in [5.74, 6) is 1.67. The number of rotatable bonds is 5. The summed E-state index contributed by atoms with van der Waals surface area (Å²) >= 11 is 3.31. The molecule has 1 atom stereocenters. The van der Waals surface area contributed by atoms with Gasteiger partial charge in [0.15, 0.2) is 0 Å². The largest absolute Gasteiger partial charge is 0.285 e. The van der Waals surface area contributed by atoms with Gasteiger partial charge in [0.05, 0.1) is 6.42 Å². The number of aliphatic imine (C=N–C) groups is 1. The second kappa shape index (κ2) is 6.02. The van der Waals surface area contributed by atoms with E-state index in [9.17, 15) is 4.79 Å². The lowest BCUT2D eigenvalue weighted by Crippen LogP contribution is -2.51. The molecule has 1 aromatic rings. The highest BCUT2D eigenvalue weighted by Gasteiger charge is 2.22. The van der Waals surface area contributed by atoms with E-state index in [0.717, 1.165) is 23.0 Å². The molecule has 0 fully saturated rings. The van der Waals surface area contributed by atoms with E-state index in [2.05, 4.69) is 20.8 Å². The van der Waals surface area contributed by atoms with Gasteiger partial charge in [-0.2, -0.15) is 11.8 Å². The van der Waals surface area contributed by atoms with Crippen molar-refractivity contribution >= 4 is 34.8 Å². The van der Waals surface area contributed by atoms with Gasteiger partial charge >= 0.3 is 0 Å². The average molecular weight is 270 g/mol. The van der Waals surface area contributed by atoms with E-state index in [0.29, 0.717) is 6.42 Å². The van der Waals surface area contributed by atoms with Crippen LogP contribution in [0.25, 0.3) is 0 Å². The number of hydrogen-bond acceptors (Lipinski definition) is 6. The summed E-state index contributed by atoms with van der Waals surface area (Å²) < 4.78 is 0. The highest BCUT2D eigenvalue weighted by molar-refractivity contribution is 7.98. The molecule has 2 heterocycles. The van der Waals surface area contributed by atoms with Crippen LogP contribution in [0.4, 0.5) is 0 Å². The van der Waals surface area contributed by atoms with E-state index < -0.39 is 0 Å². The minimum absolute atomic E-state index is 0.0538. The van der Waals surface area contributed by atoms with E-state index in [1.54, 1.807) is 29.3 Å². The minimum Gasteiger partial charge on any atom is -0.285 e. The van der Waals surface area contributed by atoms with Gasteiger partial charge in [0, 0.05) is 11.6 Å². The Morgan fingerprint density at radius 1 is 1.53 bits per heavy atom. The van der Waals surface area contributed by atoms with Crippen LogP contribution in [0.5, 0.6) is 0 Å². The van der Waals surface area contributed by atoms with Crippen molar-refractivity contribution in [2.24, 2.45) is 4.99 Å². The summed E-state index contributed by atoms with van der Waals surface area (Å²) in [5.41, 5.74) is 5.48. The van der Waals surface area contributed by atoms with Crippen LogP contribution in [0.15, 0.2) is 16.6 Å². The molecule has 92 valence electrons. The predicted octanol–water partition coefficient (Wildman–Crippen LogP) is 0.840. The zero-order valence-corrected chi connectivity index (χ0v) is 11.1. The third-order valence-electron chi connectivity index (χ3n) is 2.34. The second-order valence-electron chi connectivity index (χ2n) is 3.59. The number of hydrogen-bond donors (Lipinski definition) is 2. The fraction of sp³-hybridized carbons (Fsp3) is 0.500. The summed E-state index contributed by atoms with van der Waals surface area (Å²) in [6.07, 6.45) is 5.22. The van der Waals surface area contributed by atoms with Gasteiger partial charge in [-0.25, -0.2) is 4.98 Å². The van der Waals surface area contributed by atoms with Crippen LogP contribution in [0.2, 0.25) is 0 Å². The topological polar surface area (TPSA) is 66.4 Å². The molecule has 0 saturated heterocycles. The average Bonchev–Trinajstić information content (AvgIpc) is 2.82. The molecule has 1 aliphatic heterocycles. The van der Waals surface area contributed by atoms with Crippen molar-refractivity contribution in [2.75, 3.05) is 12.0 Å². The maximum absolute atomic E-state index is 11.5. The molecule has 0 radical (unpaired) electrons. The van der Waals surface area contributed by atoms with Crippen LogP contribution >= 0.6 is 23.1 Å². The lowest BCUT2D eigenvalue weighted by Gasteiger charge is -2.21. The summed E-state index contributed by atoms with van der Waals surface area (Å²) in [6.45, 7) is 0. The lowest BCUT2D eigenvalue weighted by molar-refractivity contribution is -0.123. The normalized spacial score (nSPS) is 19.5. The summed E-state index contributed by atoms with van der Waals surface area (Å²) in [4.78, 5) is 20.2. The Labute approximate surface area is 108 Å². The fourth-order valence-electron chi connectivity index (χ4n) is 1.49. The molecule has 2 N–H and O–H groups in total. The SMILES string of the molecule is CSCCC1N=C(Cc2nccs2)NNC1=O. The van der Waals surface area contributed by atoms with Crippen LogP contribution in [0, 0.1) is 0 Å². The monoisotopic (exact) mass is 270 g/mol. The van der Waals surface area contributed by atoms with Gasteiger partial charge in [0.25, 0.3) is 5.91 Å². The zero-order valence-electron chi connectivity index (χ0n) is 9.47.